The first-order valence-electron chi connectivity index (χ1n) is 14.9. The van der Waals surface area contributed by atoms with Crippen LogP contribution < -0.4 is 0 Å². The van der Waals surface area contributed by atoms with Crippen LogP contribution in [0.3, 0.4) is 0 Å². The van der Waals surface area contributed by atoms with Crippen molar-refractivity contribution < 1.29 is 0 Å². The lowest BCUT2D eigenvalue weighted by molar-refractivity contribution is 0.134. The molecular weight excluding hydrogens is 360 g/mol. The van der Waals surface area contributed by atoms with Gasteiger partial charge >= 0.3 is 0 Å². The van der Waals surface area contributed by atoms with E-state index in [2.05, 4.69) is 0 Å². The van der Waals surface area contributed by atoms with Crippen molar-refractivity contribution in [3.63, 3.8) is 0 Å². The molecule has 0 bridgehead atoms. The van der Waals surface area contributed by atoms with E-state index >= 15 is 0 Å². The highest BCUT2D eigenvalue weighted by Crippen LogP contribution is 2.42. The third kappa shape index (κ3) is 9.65. The molecule has 3 aliphatic rings. The zero-order valence-electron chi connectivity index (χ0n) is 20.7. The van der Waals surface area contributed by atoms with E-state index in [1.54, 1.807) is 70.6 Å². The quantitative estimate of drug-likeness (QED) is 0.427. The minimum Gasteiger partial charge on any atom is -0.0533 e. The summed E-state index contributed by atoms with van der Waals surface area (Å²) in [5, 5.41) is 0. The molecule has 0 atom stereocenters. The molecule has 0 aliphatic heterocycles. The molecule has 30 heavy (non-hydrogen) atoms. The van der Waals surface area contributed by atoms with Gasteiger partial charge in [0.15, 0.2) is 0 Å². The van der Waals surface area contributed by atoms with Crippen molar-refractivity contribution in [1.29, 1.82) is 0 Å². The Labute approximate surface area is 190 Å². The van der Waals surface area contributed by atoms with E-state index in [1.165, 1.54) is 96.3 Å². The summed E-state index contributed by atoms with van der Waals surface area (Å²) in [6.45, 7) is 0. The van der Waals surface area contributed by atoms with Gasteiger partial charge in [-0.15, -0.1) is 0 Å². The molecule has 3 saturated carbocycles. The Balaban J connectivity index is 1.68. The first kappa shape index (κ1) is 24.6. The largest absolute Gasteiger partial charge is 0.0533 e. The lowest BCUT2D eigenvalue weighted by atomic mass is 9.68. The maximum atomic E-state index is 1.62. The number of hydrogen-bond acceptors (Lipinski definition) is 0. The van der Waals surface area contributed by atoms with Gasteiger partial charge in [-0.2, -0.15) is 0 Å². The van der Waals surface area contributed by atoms with Gasteiger partial charge in [-0.25, -0.2) is 0 Å². The van der Waals surface area contributed by atoms with Crippen LogP contribution in [0, 0.1) is 23.7 Å². The molecule has 3 rings (SSSR count). The first-order valence-corrected chi connectivity index (χ1v) is 14.9. The van der Waals surface area contributed by atoms with E-state index in [4.69, 9.17) is 0 Å². The lowest BCUT2D eigenvalue weighted by Crippen LogP contribution is -2.27. The molecule has 0 aromatic carbocycles. The van der Waals surface area contributed by atoms with Gasteiger partial charge in [0.25, 0.3) is 0 Å². The van der Waals surface area contributed by atoms with Crippen molar-refractivity contribution in [1.82, 2.24) is 0 Å². The molecule has 0 amide bonds. The molecule has 0 saturated heterocycles. The van der Waals surface area contributed by atoms with Crippen LogP contribution >= 0.6 is 0 Å². The standard InChI is InChI=1S/C30H56/c1-2-8-14-20-27(21-15-9-3-1)26-30(28-22-16-10-4-5-11-17-23-28)29-24-18-12-6-7-13-19-25-29/h27-30H,1-26H2. The molecule has 3 aliphatic carbocycles. The topological polar surface area (TPSA) is 0 Å². The van der Waals surface area contributed by atoms with Gasteiger partial charge in [-0.3, -0.25) is 0 Å². The van der Waals surface area contributed by atoms with Crippen molar-refractivity contribution >= 4 is 0 Å². The molecule has 0 aromatic heterocycles. The van der Waals surface area contributed by atoms with Crippen LogP contribution in [0.2, 0.25) is 0 Å². The average Bonchev–Trinajstić information content (AvgIpc) is 2.99. The van der Waals surface area contributed by atoms with Crippen LogP contribution in [0.1, 0.15) is 167 Å². The molecule has 0 heteroatoms. The Kier molecular flexibility index (Phi) is 12.9. The minimum absolute atomic E-state index is 1.06. The molecule has 176 valence electrons. The maximum absolute atomic E-state index is 1.62. The predicted molar refractivity (Wildman–Crippen MR) is 134 cm³/mol. The van der Waals surface area contributed by atoms with E-state index in [9.17, 15) is 0 Å². The van der Waals surface area contributed by atoms with Crippen LogP contribution in [-0.4, -0.2) is 0 Å². The molecular formula is C30H56. The normalized spacial score (nSPS) is 26.7. The van der Waals surface area contributed by atoms with Crippen molar-refractivity contribution in [2.45, 2.75) is 167 Å². The van der Waals surface area contributed by atoms with E-state index < -0.39 is 0 Å². The number of hydrogen-bond donors (Lipinski definition) is 0. The third-order valence-electron chi connectivity index (χ3n) is 9.34. The first-order chi connectivity index (χ1) is 14.9. The SMILES string of the molecule is C1CCCCC(CC(C2CCCCCCCC2)C2CCCCCCCC2)CCCC1. The summed E-state index contributed by atoms with van der Waals surface area (Å²) in [5.41, 5.74) is 0. The van der Waals surface area contributed by atoms with Crippen molar-refractivity contribution in [3.8, 4) is 0 Å². The van der Waals surface area contributed by atoms with Crippen LogP contribution in [0.5, 0.6) is 0 Å². The monoisotopic (exact) mass is 416 g/mol. The van der Waals surface area contributed by atoms with Gasteiger partial charge < -0.3 is 0 Å². The lowest BCUT2D eigenvalue weighted by Gasteiger charge is -2.37. The van der Waals surface area contributed by atoms with Crippen LogP contribution in [0.4, 0.5) is 0 Å². The highest BCUT2D eigenvalue weighted by molar-refractivity contribution is 4.82. The van der Waals surface area contributed by atoms with Gasteiger partial charge in [0.1, 0.15) is 0 Å². The molecule has 3 fully saturated rings. The second-order valence-corrected chi connectivity index (χ2v) is 11.7. The third-order valence-corrected chi connectivity index (χ3v) is 9.34. The van der Waals surface area contributed by atoms with E-state index in [0.29, 0.717) is 0 Å². The fraction of sp³-hybridized carbons (Fsp3) is 1.00. The summed E-state index contributed by atoms with van der Waals surface area (Å²) >= 11 is 0. The fourth-order valence-electron chi connectivity index (χ4n) is 7.47. The zero-order valence-corrected chi connectivity index (χ0v) is 20.7. The van der Waals surface area contributed by atoms with Crippen LogP contribution in [0.15, 0.2) is 0 Å². The Hall–Kier alpha value is 0. The summed E-state index contributed by atoms with van der Waals surface area (Å²) in [4.78, 5) is 0. The molecule has 0 spiro atoms. The summed E-state index contributed by atoms with van der Waals surface area (Å²) in [6.07, 6.45) is 40.0. The number of rotatable bonds is 4. The van der Waals surface area contributed by atoms with Gasteiger partial charge in [0.2, 0.25) is 0 Å². The maximum Gasteiger partial charge on any atom is -0.0355 e. The Bertz CT molecular complexity index is 345. The van der Waals surface area contributed by atoms with E-state index in [-0.39, 0.29) is 0 Å². The van der Waals surface area contributed by atoms with E-state index in [1.807, 2.05) is 0 Å². The summed E-state index contributed by atoms with van der Waals surface area (Å²) in [6, 6.07) is 0. The van der Waals surface area contributed by atoms with E-state index in [0.717, 1.165) is 23.7 Å². The average molecular weight is 417 g/mol. The minimum atomic E-state index is 1.06. The molecule has 0 aromatic rings. The van der Waals surface area contributed by atoms with Gasteiger partial charge in [0, 0.05) is 0 Å². The summed E-state index contributed by atoms with van der Waals surface area (Å²) in [5.74, 6) is 4.29. The Morgan fingerprint density at radius 2 is 0.600 bits per heavy atom. The van der Waals surface area contributed by atoms with Crippen molar-refractivity contribution in [2.75, 3.05) is 0 Å². The van der Waals surface area contributed by atoms with Crippen molar-refractivity contribution in [2.24, 2.45) is 23.7 Å². The van der Waals surface area contributed by atoms with Gasteiger partial charge in [0.05, 0.1) is 0 Å². The van der Waals surface area contributed by atoms with Crippen LogP contribution in [-0.2, 0) is 0 Å². The zero-order chi connectivity index (χ0) is 20.7. The highest BCUT2D eigenvalue weighted by Gasteiger charge is 2.31. The summed E-state index contributed by atoms with van der Waals surface area (Å²) < 4.78 is 0. The second-order valence-electron chi connectivity index (χ2n) is 11.7. The Morgan fingerprint density at radius 1 is 0.333 bits per heavy atom. The van der Waals surface area contributed by atoms with Gasteiger partial charge in [-0.05, 0) is 30.1 Å². The smallest absolute Gasteiger partial charge is 0.0355 e. The summed E-state index contributed by atoms with van der Waals surface area (Å²) in [7, 11) is 0. The predicted octanol–water partition coefficient (Wildman–Crippen LogP) is 10.6. The fourth-order valence-corrected chi connectivity index (χ4v) is 7.47. The molecule has 0 nitrogen and oxygen atoms in total. The molecule has 0 N–H and O–H groups in total. The second kappa shape index (κ2) is 15.7. The molecule has 0 radical (unpaired) electrons. The van der Waals surface area contributed by atoms with Crippen molar-refractivity contribution in [3.05, 3.63) is 0 Å². The highest BCUT2D eigenvalue weighted by atomic mass is 14.4. The molecule has 0 heterocycles. The Morgan fingerprint density at radius 3 is 0.933 bits per heavy atom. The van der Waals surface area contributed by atoms with Crippen LogP contribution in [0.25, 0.3) is 0 Å². The molecule has 0 unspecified atom stereocenters. The van der Waals surface area contributed by atoms with Gasteiger partial charge in [-0.1, -0.05) is 161 Å².